The van der Waals surface area contributed by atoms with Crippen LogP contribution in [-0.2, 0) is 4.79 Å². The van der Waals surface area contributed by atoms with Crippen molar-refractivity contribution < 1.29 is 9.59 Å². The van der Waals surface area contributed by atoms with Gasteiger partial charge in [0.1, 0.15) is 0 Å². The standard InChI is InChI=1S/C17H19N3O2S/c1-11-3-4-12(2)15(9-11)23-10-16(21)19-13-5-7-14(8-6-13)20-17(18)22/h3-9H,10H2,1-2H3,(H,19,21)(H3,18,20,22). The number of carbonyl (C=O) groups is 2. The molecule has 0 saturated carbocycles. The summed E-state index contributed by atoms with van der Waals surface area (Å²) in [6, 6.07) is 12.4. The molecular weight excluding hydrogens is 310 g/mol. The van der Waals surface area contributed by atoms with Gasteiger partial charge in [0.05, 0.1) is 5.75 Å². The van der Waals surface area contributed by atoms with Gasteiger partial charge in [-0.2, -0.15) is 0 Å². The van der Waals surface area contributed by atoms with Gasteiger partial charge in [-0.1, -0.05) is 17.7 Å². The van der Waals surface area contributed by atoms with E-state index in [1.54, 1.807) is 24.3 Å². The molecule has 2 rings (SSSR count). The minimum atomic E-state index is -0.619. The second kappa shape index (κ2) is 7.69. The van der Waals surface area contributed by atoms with E-state index in [0.717, 1.165) is 10.5 Å². The van der Waals surface area contributed by atoms with Crippen molar-refractivity contribution in [2.24, 2.45) is 5.73 Å². The van der Waals surface area contributed by atoms with Crippen molar-refractivity contribution >= 4 is 35.1 Å². The van der Waals surface area contributed by atoms with E-state index in [1.165, 1.54) is 17.3 Å². The molecule has 0 aliphatic rings. The summed E-state index contributed by atoms with van der Waals surface area (Å²) < 4.78 is 0. The zero-order valence-electron chi connectivity index (χ0n) is 13.1. The normalized spacial score (nSPS) is 10.2. The molecule has 2 aromatic carbocycles. The minimum Gasteiger partial charge on any atom is -0.351 e. The van der Waals surface area contributed by atoms with Crippen LogP contribution in [0.4, 0.5) is 16.2 Å². The number of thioether (sulfide) groups is 1. The molecule has 120 valence electrons. The fourth-order valence-electron chi connectivity index (χ4n) is 1.98. The summed E-state index contributed by atoms with van der Waals surface area (Å²) in [6.45, 7) is 4.06. The lowest BCUT2D eigenvalue weighted by molar-refractivity contribution is -0.113. The fourth-order valence-corrected chi connectivity index (χ4v) is 2.91. The van der Waals surface area contributed by atoms with E-state index in [9.17, 15) is 9.59 Å². The number of hydrogen-bond acceptors (Lipinski definition) is 3. The zero-order chi connectivity index (χ0) is 16.8. The monoisotopic (exact) mass is 329 g/mol. The van der Waals surface area contributed by atoms with Crippen molar-refractivity contribution in [1.82, 2.24) is 0 Å². The maximum Gasteiger partial charge on any atom is 0.316 e. The van der Waals surface area contributed by atoms with Gasteiger partial charge in [0.25, 0.3) is 0 Å². The number of nitrogens with one attached hydrogen (secondary N) is 2. The molecule has 0 aliphatic heterocycles. The number of aryl methyl sites for hydroxylation is 2. The second-order valence-electron chi connectivity index (χ2n) is 5.17. The second-order valence-corrected chi connectivity index (χ2v) is 6.19. The molecule has 0 aromatic heterocycles. The Balaban J connectivity index is 1.89. The first kappa shape index (κ1) is 16.9. The summed E-state index contributed by atoms with van der Waals surface area (Å²) >= 11 is 1.51. The third-order valence-electron chi connectivity index (χ3n) is 3.14. The van der Waals surface area contributed by atoms with E-state index in [0.29, 0.717) is 17.1 Å². The number of nitrogens with two attached hydrogens (primary N) is 1. The number of hydrogen-bond donors (Lipinski definition) is 3. The average molecular weight is 329 g/mol. The van der Waals surface area contributed by atoms with Crippen LogP contribution in [-0.4, -0.2) is 17.7 Å². The molecule has 2 aromatic rings. The summed E-state index contributed by atoms with van der Waals surface area (Å²) in [6.07, 6.45) is 0. The third-order valence-corrected chi connectivity index (χ3v) is 4.30. The summed E-state index contributed by atoms with van der Waals surface area (Å²) in [4.78, 5) is 23.9. The molecule has 0 unspecified atom stereocenters. The highest BCUT2D eigenvalue weighted by atomic mass is 32.2. The Morgan fingerprint density at radius 2 is 1.61 bits per heavy atom. The zero-order valence-corrected chi connectivity index (χ0v) is 13.9. The van der Waals surface area contributed by atoms with Crippen LogP contribution >= 0.6 is 11.8 Å². The molecule has 0 heterocycles. The number of benzene rings is 2. The minimum absolute atomic E-state index is 0.0773. The van der Waals surface area contributed by atoms with E-state index in [1.807, 2.05) is 13.8 Å². The van der Waals surface area contributed by atoms with Gasteiger partial charge in [0.15, 0.2) is 0 Å². The van der Waals surface area contributed by atoms with Crippen LogP contribution in [0.25, 0.3) is 0 Å². The first-order chi connectivity index (χ1) is 10.9. The van der Waals surface area contributed by atoms with E-state index < -0.39 is 6.03 Å². The van der Waals surface area contributed by atoms with Crippen LogP contribution in [0, 0.1) is 13.8 Å². The summed E-state index contributed by atoms with van der Waals surface area (Å²) in [7, 11) is 0. The molecule has 0 bridgehead atoms. The topological polar surface area (TPSA) is 84.2 Å². The van der Waals surface area contributed by atoms with Crippen molar-refractivity contribution in [3.8, 4) is 0 Å². The van der Waals surface area contributed by atoms with Crippen LogP contribution in [0.3, 0.4) is 0 Å². The molecule has 6 heteroatoms. The number of carbonyl (C=O) groups excluding carboxylic acids is 2. The highest BCUT2D eigenvalue weighted by Gasteiger charge is 2.06. The summed E-state index contributed by atoms with van der Waals surface area (Å²) in [5.41, 5.74) is 8.63. The SMILES string of the molecule is Cc1ccc(C)c(SCC(=O)Nc2ccc(NC(N)=O)cc2)c1. The summed E-state index contributed by atoms with van der Waals surface area (Å²) in [5.74, 6) is 0.262. The number of urea groups is 1. The molecule has 23 heavy (non-hydrogen) atoms. The Morgan fingerprint density at radius 3 is 2.22 bits per heavy atom. The molecular formula is C17H19N3O2S. The van der Waals surface area contributed by atoms with E-state index >= 15 is 0 Å². The van der Waals surface area contributed by atoms with Gasteiger partial charge in [-0.05, 0) is 49.7 Å². The molecule has 4 N–H and O–H groups in total. The quantitative estimate of drug-likeness (QED) is 0.734. The predicted molar refractivity (Wildman–Crippen MR) is 94.9 cm³/mol. The number of anilines is 2. The van der Waals surface area contributed by atoms with Crippen LogP contribution in [0.15, 0.2) is 47.4 Å². The van der Waals surface area contributed by atoms with Crippen LogP contribution in [0.5, 0.6) is 0 Å². The lowest BCUT2D eigenvalue weighted by Gasteiger charge is -2.08. The molecule has 0 saturated heterocycles. The van der Waals surface area contributed by atoms with Gasteiger partial charge >= 0.3 is 6.03 Å². The molecule has 0 atom stereocenters. The number of rotatable bonds is 5. The van der Waals surface area contributed by atoms with Crippen molar-refractivity contribution in [2.45, 2.75) is 18.7 Å². The largest absolute Gasteiger partial charge is 0.351 e. The van der Waals surface area contributed by atoms with Crippen LogP contribution < -0.4 is 16.4 Å². The van der Waals surface area contributed by atoms with Crippen molar-refractivity contribution in [3.05, 3.63) is 53.6 Å². The van der Waals surface area contributed by atoms with Crippen LogP contribution in [0.2, 0.25) is 0 Å². The lowest BCUT2D eigenvalue weighted by Crippen LogP contribution is -2.19. The van der Waals surface area contributed by atoms with Gasteiger partial charge in [-0.15, -0.1) is 11.8 Å². The van der Waals surface area contributed by atoms with E-state index in [4.69, 9.17) is 5.73 Å². The van der Waals surface area contributed by atoms with Gasteiger partial charge in [-0.3, -0.25) is 4.79 Å². The molecule has 5 nitrogen and oxygen atoms in total. The first-order valence-electron chi connectivity index (χ1n) is 7.10. The van der Waals surface area contributed by atoms with Gasteiger partial charge in [0.2, 0.25) is 5.91 Å². The van der Waals surface area contributed by atoms with Crippen molar-refractivity contribution in [3.63, 3.8) is 0 Å². The first-order valence-corrected chi connectivity index (χ1v) is 8.09. The highest BCUT2D eigenvalue weighted by molar-refractivity contribution is 8.00. The van der Waals surface area contributed by atoms with Gasteiger partial charge < -0.3 is 16.4 Å². The molecule has 0 aliphatic carbocycles. The summed E-state index contributed by atoms with van der Waals surface area (Å²) in [5, 5.41) is 5.29. The number of amides is 3. The third kappa shape index (κ3) is 5.34. The van der Waals surface area contributed by atoms with E-state index in [2.05, 4.69) is 28.8 Å². The fraction of sp³-hybridized carbons (Fsp3) is 0.176. The van der Waals surface area contributed by atoms with E-state index in [-0.39, 0.29) is 5.91 Å². The maximum atomic E-state index is 12.0. The number of primary amides is 1. The molecule has 0 fully saturated rings. The van der Waals surface area contributed by atoms with Crippen molar-refractivity contribution in [2.75, 3.05) is 16.4 Å². The smallest absolute Gasteiger partial charge is 0.316 e. The molecule has 0 spiro atoms. The average Bonchev–Trinajstić information content (AvgIpc) is 2.50. The lowest BCUT2D eigenvalue weighted by atomic mass is 10.2. The maximum absolute atomic E-state index is 12.0. The Morgan fingerprint density at radius 1 is 1.00 bits per heavy atom. The molecule has 0 radical (unpaired) electrons. The predicted octanol–water partition coefficient (Wildman–Crippen LogP) is 3.52. The van der Waals surface area contributed by atoms with Crippen LogP contribution in [0.1, 0.15) is 11.1 Å². The Hall–Kier alpha value is -2.47. The Labute approximate surface area is 139 Å². The van der Waals surface area contributed by atoms with Gasteiger partial charge in [-0.25, -0.2) is 4.79 Å². The van der Waals surface area contributed by atoms with Crippen molar-refractivity contribution in [1.29, 1.82) is 0 Å². The Kier molecular flexibility index (Phi) is 5.65. The molecule has 3 amide bonds. The van der Waals surface area contributed by atoms with Gasteiger partial charge in [0, 0.05) is 16.3 Å². The highest BCUT2D eigenvalue weighted by Crippen LogP contribution is 2.23. The Bertz CT molecular complexity index is 714.